The summed E-state index contributed by atoms with van der Waals surface area (Å²) in [5.41, 5.74) is 5.45. The Labute approximate surface area is 447 Å². The van der Waals surface area contributed by atoms with Crippen LogP contribution < -0.4 is 10.2 Å². The molecule has 4 aromatic heterocycles. The van der Waals surface area contributed by atoms with E-state index in [9.17, 15) is 19.5 Å². The van der Waals surface area contributed by atoms with Crippen LogP contribution in [0, 0.1) is 30.1 Å². The maximum absolute atomic E-state index is 13.1. The largest absolute Gasteiger partial charge is 0.476 e. The van der Waals surface area contributed by atoms with Gasteiger partial charge in [-0.15, -0.1) is 10.2 Å². The van der Waals surface area contributed by atoms with Gasteiger partial charge in [0.25, 0.3) is 0 Å². The summed E-state index contributed by atoms with van der Waals surface area (Å²) in [6.45, 7) is 15.4. The number of aromatic carboxylic acids is 1. The highest BCUT2D eigenvalue weighted by Gasteiger charge is 2.66. The molecule has 390 valence electrons. The lowest BCUT2D eigenvalue weighted by molar-refractivity contribution is -0.249. The third-order valence-corrected chi connectivity index (χ3v) is 18.3. The topological polar surface area (TPSA) is 172 Å². The second kappa shape index (κ2) is 21.6. The van der Waals surface area contributed by atoms with E-state index in [0.717, 1.165) is 148 Å². The number of carboxylic acid groups (broad SMARTS) is 1. The Morgan fingerprint density at radius 2 is 1.52 bits per heavy atom. The van der Waals surface area contributed by atoms with Crippen molar-refractivity contribution in [3.05, 3.63) is 65.1 Å². The molecule has 1 aromatic carbocycles. The molecule has 5 aromatic rings. The molecule has 4 atom stereocenters. The molecule has 73 heavy (non-hydrogen) atoms. The zero-order chi connectivity index (χ0) is 51.0. The van der Waals surface area contributed by atoms with Gasteiger partial charge in [-0.25, -0.2) is 14.8 Å². The molecule has 4 bridgehead atoms. The van der Waals surface area contributed by atoms with Crippen LogP contribution in [0.5, 0.6) is 0 Å². The number of carboxylic acids is 1. The number of amides is 1. The smallest absolute Gasteiger partial charge is 0.355 e. The van der Waals surface area contributed by atoms with Crippen molar-refractivity contribution in [3.63, 3.8) is 0 Å². The van der Waals surface area contributed by atoms with Crippen LogP contribution in [0.3, 0.4) is 0 Å². The maximum Gasteiger partial charge on any atom is 0.355 e. The van der Waals surface area contributed by atoms with Crippen LogP contribution in [0.4, 0.5) is 22.6 Å². The molecule has 17 heteroatoms. The zero-order valence-electron chi connectivity index (χ0n) is 43.3. The second-order valence-electron chi connectivity index (χ2n) is 23.1. The van der Waals surface area contributed by atoms with Gasteiger partial charge in [0, 0.05) is 86.6 Å². The fraction of sp³-hybridized carbons (Fsp3) is 0.607. The van der Waals surface area contributed by atoms with E-state index in [-0.39, 0.29) is 31.3 Å². The summed E-state index contributed by atoms with van der Waals surface area (Å²) in [4.78, 5) is 53.4. The number of benzene rings is 1. The predicted octanol–water partition coefficient (Wildman–Crippen LogP) is 11.6. The number of piperazine rings is 1. The van der Waals surface area contributed by atoms with Gasteiger partial charge in [-0.05, 0) is 141 Å². The van der Waals surface area contributed by atoms with Crippen molar-refractivity contribution in [1.29, 1.82) is 0 Å². The molecule has 2 aliphatic heterocycles. The summed E-state index contributed by atoms with van der Waals surface area (Å²) in [6.07, 6.45) is 20.5. The Morgan fingerprint density at radius 3 is 2.23 bits per heavy atom. The standard InChI is InChI=1S/C56H73IN10O5S/c1-38-40-16-15-23-66(50(40)63-62-49(38)61-52-59-43-17-13-14-18-44(43)73-52)46-22-21-41(48(60-46)51(70)71)42-30-58-67(39(42)2)37-55-32-53(3)31-54(4,33-55)35-56(34-53,36-55)72-29-28-64-24-26-65(27-25-64)47(69)20-12-10-8-6-5-7-9-11-19-45(57)68/h13-14,17-18,21-22,30H,5-12,15-16,19-20,23-29,31-37H2,1-4H3,(H,70,71)(H,59,61,62)/t53-,54+,55?,56?. The van der Waals surface area contributed by atoms with E-state index in [0.29, 0.717) is 54.9 Å². The number of unbranched alkanes of at least 4 members (excludes halogenated alkanes) is 7. The molecule has 1 amide bonds. The monoisotopic (exact) mass is 1120 g/mol. The molecule has 4 saturated carbocycles. The van der Waals surface area contributed by atoms with Gasteiger partial charge in [0.05, 0.1) is 28.6 Å². The van der Waals surface area contributed by atoms with Crippen molar-refractivity contribution in [2.45, 2.75) is 155 Å². The number of ether oxygens (including phenoxy) is 1. The number of carbonyl (C=O) groups is 3. The first-order chi connectivity index (χ1) is 35.1. The number of hydrogen-bond donors (Lipinski definition) is 2. The van der Waals surface area contributed by atoms with Crippen LogP contribution in [0.1, 0.15) is 150 Å². The zero-order valence-corrected chi connectivity index (χ0v) is 46.3. The summed E-state index contributed by atoms with van der Waals surface area (Å²) in [5, 5.41) is 29.1. The summed E-state index contributed by atoms with van der Waals surface area (Å²) >= 11 is 3.46. The minimum Gasteiger partial charge on any atom is -0.476 e. The van der Waals surface area contributed by atoms with Crippen molar-refractivity contribution in [2.75, 3.05) is 56.1 Å². The molecular weight excluding hydrogens is 1050 g/mol. The van der Waals surface area contributed by atoms with Crippen LogP contribution in [0.25, 0.3) is 21.3 Å². The van der Waals surface area contributed by atoms with E-state index < -0.39 is 5.97 Å². The summed E-state index contributed by atoms with van der Waals surface area (Å²) in [6, 6.07) is 11.8. The van der Waals surface area contributed by atoms with Gasteiger partial charge < -0.3 is 25.0 Å². The number of para-hydroxylation sites is 1. The van der Waals surface area contributed by atoms with E-state index in [1.165, 1.54) is 32.1 Å². The van der Waals surface area contributed by atoms with Crippen LogP contribution in [-0.2, 0) is 27.3 Å². The van der Waals surface area contributed by atoms with Gasteiger partial charge in [0.1, 0.15) is 5.82 Å². The number of carbonyl (C=O) groups excluding carboxylic acids is 2. The number of fused-ring (bicyclic) bond motifs is 2. The van der Waals surface area contributed by atoms with Crippen LogP contribution in [0.2, 0.25) is 0 Å². The minimum absolute atomic E-state index is 0.00613. The van der Waals surface area contributed by atoms with Gasteiger partial charge in [-0.2, -0.15) is 5.10 Å². The van der Waals surface area contributed by atoms with Crippen LogP contribution >= 0.6 is 33.9 Å². The lowest BCUT2D eigenvalue weighted by Crippen LogP contribution is -2.64. The van der Waals surface area contributed by atoms with Gasteiger partial charge >= 0.3 is 5.97 Å². The average molecular weight is 1130 g/mol. The van der Waals surface area contributed by atoms with E-state index in [1.54, 1.807) is 11.3 Å². The molecule has 5 fully saturated rings. The van der Waals surface area contributed by atoms with Crippen molar-refractivity contribution in [1.82, 2.24) is 39.7 Å². The summed E-state index contributed by atoms with van der Waals surface area (Å²) in [5.74, 6) is 1.11. The SMILES string of the molecule is Cc1c(Nc2nc3ccccc3s2)nnc2c1CCCN2c1ccc(-c2cnn(CC34CC5(OCCN6CCN(C(=O)CCCCCCCCCCC(=O)I)CC6)C[C@](C)(C3)C[C@](C)(C4)C5)c2C)c(C(=O)O)n1. The predicted molar refractivity (Wildman–Crippen MR) is 295 cm³/mol. The Hall–Kier alpha value is -4.59. The number of rotatable bonds is 22. The first kappa shape index (κ1) is 51.9. The van der Waals surface area contributed by atoms with Crippen molar-refractivity contribution in [2.24, 2.45) is 16.2 Å². The number of nitrogens with zero attached hydrogens (tertiary/aromatic N) is 9. The number of hydrogen-bond acceptors (Lipinski definition) is 13. The Kier molecular flexibility index (Phi) is 15.3. The number of aromatic nitrogens is 6. The molecule has 2 unspecified atom stereocenters. The molecular formula is C56H73IN10O5S. The highest BCUT2D eigenvalue weighted by atomic mass is 127. The van der Waals surface area contributed by atoms with E-state index in [2.05, 4.69) is 51.7 Å². The van der Waals surface area contributed by atoms with Gasteiger partial charge in [0.2, 0.25) is 5.91 Å². The maximum atomic E-state index is 13.1. The van der Waals surface area contributed by atoms with Gasteiger partial charge in [0.15, 0.2) is 26.3 Å². The lowest BCUT2D eigenvalue weighted by atomic mass is 9.39. The fourth-order valence-electron chi connectivity index (χ4n) is 14.6. The van der Waals surface area contributed by atoms with E-state index in [4.69, 9.17) is 24.9 Å². The van der Waals surface area contributed by atoms with Gasteiger partial charge in [-0.3, -0.25) is 19.2 Å². The Balaban J connectivity index is 0.752. The highest BCUT2D eigenvalue weighted by Crippen LogP contribution is 2.72. The normalized spacial score (nSPS) is 24.6. The van der Waals surface area contributed by atoms with E-state index >= 15 is 0 Å². The van der Waals surface area contributed by atoms with Crippen LogP contribution in [0.15, 0.2) is 42.6 Å². The molecule has 0 radical (unpaired) electrons. The number of pyridine rings is 1. The molecule has 4 aliphatic carbocycles. The molecule has 6 aliphatic rings. The first-order valence-electron chi connectivity index (χ1n) is 27.0. The van der Waals surface area contributed by atoms with Gasteiger partial charge in [-0.1, -0.05) is 75.8 Å². The third kappa shape index (κ3) is 11.5. The third-order valence-electron chi connectivity index (χ3n) is 16.9. The average Bonchev–Trinajstić information content (AvgIpc) is 3.92. The summed E-state index contributed by atoms with van der Waals surface area (Å²) in [7, 11) is 0. The molecule has 6 heterocycles. The number of anilines is 4. The molecule has 1 saturated heterocycles. The van der Waals surface area contributed by atoms with Crippen LogP contribution in [-0.4, -0.2) is 112 Å². The molecule has 11 rings (SSSR count). The minimum atomic E-state index is -1.09. The quantitative estimate of drug-likeness (QED) is 0.0381. The lowest BCUT2D eigenvalue weighted by Gasteiger charge is -2.69. The first-order valence-corrected chi connectivity index (χ1v) is 28.9. The van der Waals surface area contributed by atoms with E-state index in [1.807, 2.05) is 70.9 Å². The van der Waals surface area contributed by atoms with Crippen molar-refractivity contribution < 1.29 is 24.2 Å². The number of nitrogens with one attached hydrogen (secondary N) is 1. The Morgan fingerprint density at radius 1 is 0.808 bits per heavy atom. The van der Waals surface area contributed by atoms with Crippen molar-refractivity contribution in [3.8, 4) is 11.1 Å². The van der Waals surface area contributed by atoms with Crippen molar-refractivity contribution >= 4 is 82.4 Å². The molecule has 15 nitrogen and oxygen atoms in total. The molecule has 2 N–H and O–H groups in total. The highest BCUT2D eigenvalue weighted by molar-refractivity contribution is 14.1. The number of thiazole rings is 1. The second-order valence-corrected chi connectivity index (χ2v) is 25.4. The number of halogens is 1. The fourth-order valence-corrected chi connectivity index (χ4v) is 15.9. The summed E-state index contributed by atoms with van der Waals surface area (Å²) < 4.78 is 10.6. The Bertz CT molecular complexity index is 2790. The molecule has 0 spiro atoms.